The number of urea groups is 1. The molecular formula is C18H29N3O2. The molecule has 1 atom stereocenters. The maximum absolute atomic E-state index is 12.0. The standard InChI is InChI=1S/C18H29N3O2/c1-13(2)10-16(22)12-19-18(23)20-17-7-6-15(11-14(17)3)21-8-4-5-9-21/h6-7,11,13,16,22H,4-5,8-10,12H2,1-3H3,(H2,19,20,23). The molecule has 1 fully saturated rings. The van der Waals surface area contributed by atoms with Gasteiger partial charge in [-0.1, -0.05) is 13.8 Å². The fourth-order valence-electron chi connectivity index (χ4n) is 2.96. The number of carbonyl (C=O) groups excluding carboxylic acids is 1. The lowest BCUT2D eigenvalue weighted by Gasteiger charge is -2.19. The van der Waals surface area contributed by atoms with Gasteiger partial charge in [-0.2, -0.15) is 0 Å². The highest BCUT2D eigenvalue weighted by Crippen LogP contribution is 2.25. The van der Waals surface area contributed by atoms with E-state index < -0.39 is 6.10 Å². The molecule has 23 heavy (non-hydrogen) atoms. The summed E-state index contributed by atoms with van der Waals surface area (Å²) in [6.07, 6.45) is 2.68. The van der Waals surface area contributed by atoms with Gasteiger partial charge in [0.15, 0.2) is 0 Å². The average molecular weight is 319 g/mol. The van der Waals surface area contributed by atoms with E-state index in [-0.39, 0.29) is 12.6 Å². The Labute approximate surface area is 139 Å². The predicted octanol–water partition coefficient (Wildman–Crippen LogP) is 3.12. The highest BCUT2D eigenvalue weighted by Gasteiger charge is 2.14. The van der Waals surface area contributed by atoms with Crippen LogP contribution in [0.3, 0.4) is 0 Å². The van der Waals surface area contributed by atoms with Gasteiger partial charge in [-0.15, -0.1) is 0 Å². The lowest BCUT2D eigenvalue weighted by molar-refractivity contribution is 0.148. The summed E-state index contributed by atoms with van der Waals surface area (Å²) >= 11 is 0. The maximum Gasteiger partial charge on any atom is 0.319 e. The van der Waals surface area contributed by atoms with E-state index in [0.29, 0.717) is 12.3 Å². The number of hydrogen-bond donors (Lipinski definition) is 3. The number of nitrogens with zero attached hydrogens (tertiary/aromatic N) is 1. The molecule has 1 aliphatic heterocycles. The van der Waals surface area contributed by atoms with E-state index in [4.69, 9.17) is 0 Å². The molecule has 1 heterocycles. The molecule has 0 spiro atoms. The Bertz CT molecular complexity index is 525. The van der Waals surface area contributed by atoms with Crippen LogP contribution in [-0.2, 0) is 0 Å². The lowest BCUT2D eigenvalue weighted by atomic mass is 10.1. The number of aliphatic hydroxyl groups excluding tert-OH is 1. The molecule has 1 aromatic carbocycles. The molecule has 2 amide bonds. The maximum atomic E-state index is 12.0. The molecule has 1 aliphatic rings. The van der Waals surface area contributed by atoms with Crippen molar-refractivity contribution in [3.05, 3.63) is 23.8 Å². The van der Waals surface area contributed by atoms with Crippen LogP contribution < -0.4 is 15.5 Å². The van der Waals surface area contributed by atoms with E-state index in [1.807, 2.05) is 13.0 Å². The molecule has 1 saturated heterocycles. The Morgan fingerprint density at radius 2 is 2.00 bits per heavy atom. The van der Waals surface area contributed by atoms with E-state index >= 15 is 0 Å². The van der Waals surface area contributed by atoms with Gasteiger partial charge in [-0.3, -0.25) is 0 Å². The Kier molecular flexibility index (Phi) is 6.28. The number of rotatable bonds is 6. The fraction of sp³-hybridized carbons (Fsp3) is 0.611. The smallest absolute Gasteiger partial charge is 0.319 e. The zero-order valence-electron chi connectivity index (χ0n) is 14.4. The van der Waals surface area contributed by atoms with Gasteiger partial charge in [0.2, 0.25) is 0 Å². The van der Waals surface area contributed by atoms with Crippen LogP contribution in [-0.4, -0.2) is 36.9 Å². The normalized spacial score (nSPS) is 15.8. The molecule has 0 aliphatic carbocycles. The van der Waals surface area contributed by atoms with Gasteiger partial charge in [-0.05, 0) is 55.9 Å². The number of benzene rings is 1. The molecule has 5 heteroatoms. The molecule has 0 aromatic heterocycles. The summed E-state index contributed by atoms with van der Waals surface area (Å²) in [6.45, 7) is 8.60. The van der Waals surface area contributed by atoms with Crippen LogP contribution in [0.4, 0.5) is 16.2 Å². The summed E-state index contributed by atoms with van der Waals surface area (Å²) in [4.78, 5) is 14.3. The van der Waals surface area contributed by atoms with Gasteiger partial charge < -0.3 is 20.6 Å². The van der Waals surface area contributed by atoms with E-state index in [1.54, 1.807) is 0 Å². The van der Waals surface area contributed by atoms with Crippen molar-refractivity contribution in [2.45, 2.75) is 46.1 Å². The zero-order chi connectivity index (χ0) is 16.8. The Morgan fingerprint density at radius 1 is 1.30 bits per heavy atom. The van der Waals surface area contributed by atoms with Crippen molar-refractivity contribution in [1.82, 2.24) is 5.32 Å². The molecule has 1 unspecified atom stereocenters. The topological polar surface area (TPSA) is 64.6 Å². The molecule has 3 N–H and O–H groups in total. The zero-order valence-corrected chi connectivity index (χ0v) is 14.4. The van der Waals surface area contributed by atoms with Gasteiger partial charge in [-0.25, -0.2) is 4.79 Å². The average Bonchev–Trinajstić information content (AvgIpc) is 3.01. The minimum atomic E-state index is -0.501. The van der Waals surface area contributed by atoms with Crippen LogP contribution in [0.1, 0.15) is 38.7 Å². The monoisotopic (exact) mass is 319 g/mol. The fourth-order valence-corrected chi connectivity index (χ4v) is 2.96. The largest absolute Gasteiger partial charge is 0.391 e. The van der Waals surface area contributed by atoms with Crippen molar-refractivity contribution < 1.29 is 9.90 Å². The lowest BCUT2D eigenvalue weighted by Crippen LogP contribution is -2.35. The molecule has 1 aromatic rings. The number of carbonyl (C=O) groups is 1. The molecular weight excluding hydrogens is 290 g/mol. The number of anilines is 2. The third-order valence-corrected chi connectivity index (χ3v) is 4.17. The SMILES string of the molecule is Cc1cc(N2CCCC2)ccc1NC(=O)NCC(O)CC(C)C. The van der Waals surface area contributed by atoms with Crippen molar-refractivity contribution in [2.24, 2.45) is 5.92 Å². The predicted molar refractivity (Wildman–Crippen MR) is 95.1 cm³/mol. The third kappa shape index (κ3) is 5.43. The Balaban J connectivity index is 1.85. The molecule has 0 bridgehead atoms. The van der Waals surface area contributed by atoms with E-state index in [1.165, 1.54) is 18.5 Å². The van der Waals surface area contributed by atoms with Crippen molar-refractivity contribution in [1.29, 1.82) is 0 Å². The number of hydrogen-bond acceptors (Lipinski definition) is 3. The van der Waals surface area contributed by atoms with Gasteiger partial charge >= 0.3 is 6.03 Å². The molecule has 2 rings (SSSR count). The van der Waals surface area contributed by atoms with E-state index in [2.05, 4.69) is 41.5 Å². The highest BCUT2D eigenvalue weighted by atomic mass is 16.3. The quantitative estimate of drug-likeness (QED) is 0.755. The molecule has 128 valence electrons. The minimum Gasteiger partial charge on any atom is -0.391 e. The third-order valence-electron chi connectivity index (χ3n) is 4.17. The molecule has 0 saturated carbocycles. The van der Waals surface area contributed by atoms with Gasteiger partial charge in [0.1, 0.15) is 0 Å². The summed E-state index contributed by atoms with van der Waals surface area (Å²) in [5, 5.41) is 15.4. The number of amides is 2. The number of aryl methyl sites for hydroxylation is 1. The summed E-state index contributed by atoms with van der Waals surface area (Å²) < 4.78 is 0. The first-order valence-corrected chi connectivity index (χ1v) is 8.54. The van der Waals surface area contributed by atoms with Crippen molar-refractivity contribution in [2.75, 3.05) is 29.9 Å². The second-order valence-electron chi connectivity index (χ2n) is 6.81. The minimum absolute atomic E-state index is 0.273. The highest BCUT2D eigenvalue weighted by molar-refractivity contribution is 5.90. The summed E-state index contributed by atoms with van der Waals surface area (Å²) in [5.41, 5.74) is 3.08. The van der Waals surface area contributed by atoms with Crippen LogP contribution in [0.25, 0.3) is 0 Å². The first-order valence-electron chi connectivity index (χ1n) is 8.54. The number of aliphatic hydroxyl groups is 1. The van der Waals surface area contributed by atoms with Crippen LogP contribution in [0.5, 0.6) is 0 Å². The molecule has 5 nitrogen and oxygen atoms in total. The van der Waals surface area contributed by atoms with Crippen molar-refractivity contribution >= 4 is 17.4 Å². The second-order valence-corrected chi connectivity index (χ2v) is 6.81. The summed E-state index contributed by atoms with van der Waals surface area (Å²) in [6, 6.07) is 5.85. The van der Waals surface area contributed by atoms with Crippen LogP contribution in [0, 0.1) is 12.8 Å². The van der Waals surface area contributed by atoms with Crippen molar-refractivity contribution in [3.63, 3.8) is 0 Å². The van der Waals surface area contributed by atoms with Crippen molar-refractivity contribution in [3.8, 4) is 0 Å². The Morgan fingerprint density at radius 3 is 2.61 bits per heavy atom. The van der Waals surface area contributed by atoms with Gasteiger partial charge in [0.05, 0.1) is 6.10 Å². The number of nitrogens with one attached hydrogen (secondary N) is 2. The van der Waals surface area contributed by atoms with Crippen LogP contribution in [0.2, 0.25) is 0 Å². The molecule has 0 radical (unpaired) electrons. The summed E-state index contributed by atoms with van der Waals surface area (Å²) in [7, 11) is 0. The Hall–Kier alpha value is -1.75. The van der Waals surface area contributed by atoms with Gasteiger partial charge in [0.25, 0.3) is 0 Å². The van der Waals surface area contributed by atoms with E-state index in [9.17, 15) is 9.90 Å². The van der Waals surface area contributed by atoms with Crippen LogP contribution in [0.15, 0.2) is 18.2 Å². The first kappa shape index (κ1) is 17.6. The van der Waals surface area contributed by atoms with Crippen LogP contribution >= 0.6 is 0 Å². The van der Waals surface area contributed by atoms with E-state index in [0.717, 1.165) is 24.3 Å². The second kappa shape index (κ2) is 8.20. The first-order chi connectivity index (χ1) is 11.0. The van der Waals surface area contributed by atoms with Gasteiger partial charge in [0, 0.05) is 31.0 Å². The summed E-state index contributed by atoms with van der Waals surface area (Å²) in [5.74, 6) is 0.412.